The van der Waals surface area contributed by atoms with Crippen molar-refractivity contribution in [1.29, 1.82) is 0 Å². The predicted molar refractivity (Wildman–Crippen MR) is 87.8 cm³/mol. The van der Waals surface area contributed by atoms with Crippen LogP contribution in [-0.2, 0) is 4.74 Å². The van der Waals surface area contributed by atoms with Crippen LogP contribution < -0.4 is 10.6 Å². The van der Waals surface area contributed by atoms with E-state index in [1.807, 2.05) is 31.2 Å². The topological polar surface area (TPSA) is 50.4 Å². The van der Waals surface area contributed by atoms with Gasteiger partial charge in [0.05, 0.1) is 18.2 Å². The number of nitrogens with one attached hydrogen (secondary N) is 2. The minimum Gasteiger partial charge on any atom is -0.384 e. The molecule has 21 heavy (non-hydrogen) atoms. The van der Waals surface area contributed by atoms with E-state index in [4.69, 9.17) is 4.74 Å². The van der Waals surface area contributed by atoms with Crippen LogP contribution in [0.5, 0.6) is 0 Å². The van der Waals surface area contributed by atoms with Crippen LogP contribution in [0.4, 0.5) is 5.69 Å². The fourth-order valence-corrected chi connectivity index (χ4v) is 1.99. The average Bonchev–Trinajstić information content (AvgIpc) is 2.49. The molecule has 0 aliphatic carbocycles. The second-order valence-corrected chi connectivity index (χ2v) is 5.46. The number of amides is 1. The summed E-state index contributed by atoms with van der Waals surface area (Å²) < 4.78 is 5.46. The lowest BCUT2D eigenvalue weighted by molar-refractivity contribution is 0.0807. The van der Waals surface area contributed by atoms with E-state index < -0.39 is 0 Å². The van der Waals surface area contributed by atoms with Gasteiger partial charge in [-0.05, 0) is 31.4 Å². The lowest BCUT2D eigenvalue weighted by atomic mass is 10.0. The zero-order valence-electron chi connectivity index (χ0n) is 13.6. The molecular weight excluding hydrogens is 264 g/mol. The van der Waals surface area contributed by atoms with Crippen LogP contribution in [0.1, 0.15) is 44.5 Å². The molecule has 0 bridgehead atoms. The van der Waals surface area contributed by atoms with Gasteiger partial charge in [-0.2, -0.15) is 0 Å². The minimum absolute atomic E-state index is 0.0247. The quantitative estimate of drug-likeness (QED) is 0.734. The maximum Gasteiger partial charge on any atom is 0.253 e. The molecule has 1 rings (SSSR count). The van der Waals surface area contributed by atoms with Gasteiger partial charge in [-0.15, -0.1) is 0 Å². The molecule has 0 radical (unpaired) electrons. The molecule has 0 aliphatic rings. The summed E-state index contributed by atoms with van der Waals surface area (Å²) in [7, 11) is 0. The summed E-state index contributed by atoms with van der Waals surface area (Å²) in [6, 6.07) is 7.65. The molecule has 2 N–H and O–H groups in total. The van der Waals surface area contributed by atoms with Crippen LogP contribution >= 0.6 is 0 Å². The summed E-state index contributed by atoms with van der Waals surface area (Å²) in [5.41, 5.74) is 1.57. The molecule has 1 unspecified atom stereocenters. The fourth-order valence-electron chi connectivity index (χ4n) is 1.99. The lowest BCUT2D eigenvalue weighted by Crippen LogP contribution is -2.42. The molecular formula is C17H28N2O2. The zero-order chi connectivity index (χ0) is 15.7. The smallest absolute Gasteiger partial charge is 0.253 e. The monoisotopic (exact) mass is 292 g/mol. The summed E-state index contributed by atoms with van der Waals surface area (Å²) in [6.07, 6.45) is 1.02. The Balaban J connectivity index is 2.77. The maximum atomic E-state index is 12.5. The Morgan fingerprint density at radius 3 is 2.57 bits per heavy atom. The zero-order valence-corrected chi connectivity index (χ0v) is 13.6. The van der Waals surface area contributed by atoms with Crippen molar-refractivity contribution in [2.24, 2.45) is 5.92 Å². The number of hydrogen-bond donors (Lipinski definition) is 2. The normalized spacial score (nSPS) is 12.2. The van der Waals surface area contributed by atoms with E-state index in [1.54, 1.807) is 0 Å². The second-order valence-electron chi connectivity index (χ2n) is 5.46. The summed E-state index contributed by atoms with van der Waals surface area (Å²) >= 11 is 0. The molecule has 1 atom stereocenters. The number of benzene rings is 1. The number of rotatable bonds is 9. The number of carbonyl (C=O) groups is 1. The van der Waals surface area contributed by atoms with Gasteiger partial charge in [0.2, 0.25) is 0 Å². The summed E-state index contributed by atoms with van der Waals surface area (Å²) in [6.45, 7) is 10.3. The van der Waals surface area contributed by atoms with Gasteiger partial charge in [-0.25, -0.2) is 0 Å². The summed E-state index contributed by atoms with van der Waals surface area (Å²) in [5.74, 6) is 0.281. The molecule has 0 spiro atoms. The van der Waals surface area contributed by atoms with Gasteiger partial charge < -0.3 is 15.4 Å². The first-order chi connectivity index (χ1) is 10.1. The first-order valence-electron chi connectivity index (χ1n) is 7.81. The molecule has 1 aromatic rings. The Morgan fingerprint density at radius 2 is 1.95 bits per heavy atom. The van der Waals surface area contributed by atoms with Gasteiger partial charge in [-0.1, -0.05) is 32.9 Å². The highest BCUT2D eigenvalue weighted by atomic mass is 16.5. The van der Waals surface area contributed by atoms with E-state index in [1.165, 1.54) is 0 Å². The first-order valence-corrected chi connectivity index (χ1v) is 7.81. The Morgan fingerprint density at radius 1 is 1.24 bits per heavy atom. The molecule has 0 aliphatic heterocycles. The highest BCUT2D eigenvalue weighted by Gasteiger charge is 2.18. The number of hydrogen-bond acceptors (Lipinski definition) is 3. The molecule has 0 saturated heterocycles. The molecule has 0 fully saturated rings. The van der Waals surface area contributed by atoms with Gasteiger partial charge in [0.15, 0.2) is 0 Å². The minimum atomic E-state index is -0.0485. The Hall–Kier alpha value is -1.55. The molecule has 4 heteroatoms. The van der Waals surface area contributed by atoms with E-state index in [0.717, 1.165) is 18.7 Å². The van der Waals surface area contributed by atoms with Crippen molar-refractivity contribution in [2.45, 2.75) is 40.2 Å². The maximum absolute atomic E-state index is 12.5. The van der Waals surface area contributed by atoms with Crippen molar-refractivity contribution in [3.05, 3.63) is 29.8 Å². The molecule has 118 valence electrons. The van der Waals surface area contributed by atoms with Crippen molar-refractivity contribution >= 4 is 11.6 Å². The largest absolute Gasteiger partial charge is 0.384 e. The van der Waals surface area contributed by atoms with Crippen molar-refractivity contribution in [2.75, 3.05) is 25.1 Å². The van der Waals surface area contributed by atoms with Crippen LogP contribution in [0.15, 0.2) is 24.3 Å². The third kappa shape index (κ3) is 5.76. The number of ether oxygens (including phenoxy) is 1. The highest BCUT2D eigenvalue weighted by Crippen LogP contribution is 2.16. The molecule has 0 saturated carbocycles. The van der Waals surface area contributed by atoms with E-state index in [0.29, 0.717) is 24.7 Å². The third-order valence-electron chi connectivity index (χ3n) is 3.36. The van der Waals surface area contributed by atoms with Gasteiger partial charge in [0, 0.05) is 18.8 Å². The van der Waals surface area contributed by atoms with Gasteiger partial charge in [-0.3, -0.25) is 4.79 Å². The van der Waals surface area contributed by atoms with E-state index >= 15 is 0 Å². The third-order valence-corrected chi connectivity index (χ3v) is 3.36. The second kappa shape index (κ2) is 9.40. The van der Waals surface area contributed by atoms with Gasteiger partial charge >= 0.3 is 0 Å². The van der Waals surface area contributed by atoms with Gasteiger partial charge in [0.1, 0.15) is 0 Å². The SMILES string of the molecule is CCCNc1ccccc1C(=O)NC(COCC)C(C)C. The Labute approximate surface area is 128 Å². The summed E-state index contributed by atoms with van der Waals surface area (Å²) in [5, 5.41) is 6.38. The molecule has 0 aromatic heterocycles. The van der Waals surface area contributed by atoms with Crippen molar-refractivity contribution in [3.63, 3.8) is 0 Å². The van der Waals surface area contributed by atoms with Gasteiger partial charge in [0.25, 0.3) is 5.91 Å². The standard InChI is InChI=1S/C17H28N2O2/c1-5-11-18-15-10-8-7-9-14(15)17(20)19-16(13(3)4)12-21-6-2/h7-10,13,16,18H,5-6,11-12H2,1-4H3,(H,19,20). The van der Waals surface area contributed by atoms with Crippen molar-refractivity contribution in [1.82, 2.24) is 5.32 Å². The van der Waals surface area contributed by atoms with Crippen molar-refractivity contribution < 1.29 is 9.53 Å². The van der Waals surface area contributed by atoms with Crippen LogP contribution in [0, 0.1) is 5.92 Å². The lowest BCUT2D eigenvalue weighted by Gasteiger charge is -2.23. The highest BCUT2D eigenvalue weighted by molar-refractivity contribution is 5.99. The van der Waals surface area contributed by atoms with Crippen LogP contribution in [0.25, 0.3) is 0 Å². The number of anilines is 1. The first kappa shape index (κ1) is 17.5. The van der Waals surface area contributed by atoms with Crippen LogP contribution in [0.3, 0.4) is 0 Å². The number of para-hydroxylation sites is 1. The van der Waals surface area contributed by atoms with Crippen LogP contribution in [0.2, 0.25) is 0 Å². The van der Waals surface area contributed by atoms with E-state index in [2.05, 4.69) is 31.4 Å². The van der Waals surface area contributed by atoms with E-state index in [9.17, 15) is 4.79 Å². The van der Waals surface area contributed by atoms with Crippen molar-refractivity contribution in [3.8, 4) is 0 Å². The fraction of sp³-hybridized carbons (Fsp3) is 0.588. The molecule has 1 aromatic carbocycles. The average molecular weight is 292 g/mol. The van der Waals surface area contributed by atoms with Crippen LogP contribution in [-0.4, -0.2) is 31.7 Å². The Bertz CT molecular complexity index is 433. The summed E-state index contributed by atoms with van der Waals surface area (Å²) in [4.78, 5) is 12.5. The predicted octanol–water partition coefficient (Wildman–Crippen LogP) is 3.30. The number of carbonyl (C=O) groups excluding carboxylic acids is 1. The Kier molecular flexibility index (Phi) is 7.83. The van der Waals surface area contributed by atoms with E-state index in [-0.39, 0.29) is 11.9 Å². The molecule has 4 nitrogen and oxygen atoms in total. The molecule has 0 heterocycles. The molecule has 1 amide bonds.